The number of halogens is 1. The largest absolute Gasteiger partial charge is 0.372 e. The molecule has 1 aliphatic rings. The molecule has 7 heteroatoms. The van der Waals surface area contributed by atoms with Gasteiger partial charge in [-0.2, -0.15) is 0 Å². The van der Waals surface area contributed by atoms with Crippen molar-refractivity contribution in [1.82, 2.24) is 19.5 Å². The first-order chi connectivity index (χ1) is 9.72. The van der Waals surface area contributed by atoms with Gasteiger partial charge in [0.2, 0.25) is 5.95 Å². The highest BCUT2D eigenvalue weighted by molar-refractivity contribution is 9.10. The lowest BCUT2D eigenvalue weighted by Gasteiger charge is -2.30. The highest BCUT2D eigenvalue weighted by Gasteiger charge is 2.26. The summed E-state index contributed by atoms with van der Waals surface area (Å²) in [5.74, 6) is 0.656. The van der Waals surface area contributed by atoms with Crippen LogP contribution in [-0.4, -0.2) is 32.2 Å². The molecular formula is C13H16BrN5O. The van der Waals surface area contributed by atoms with Crippen molar-refractivity contribution < 1.29 is 4.74 Å². The fourth-order valence-corrected chi connectivity index (χ4v) is 2.59. The van der Waals surface area contributed by atoms with E-state index < -0.39 is 0 Å². The number of nitrogens with zero attached hydrogens (tertiary/aromatic N) is 4. The van der Waals surface area contributed by atoms with Crippen LogP contribution in [0, 0.1) is 0 Å². The second-order valence-corrected chi connectivity index (χ2v) is 5.80. The zero-order chi connectivity index (χ0) is 13.9. The normalized spacial score (nSPS) is 22.7. The van der Waals surface area contributed by atoms with Gasteiger partial charge in [-0.25, -0.2) is 15.0 Å². The van der Waals surface area contributed by atoms with Crippen molar-refractivity contribution in [1.29, 1.82) is 0 Å². The number of rotatable bonds is 3. The minimum absolute atomic E-state index is 0.0733. The van der Waals surface area contributed by atoms with E-state index in [0.717, 1.165) is 29.6 Å². The zero-order valence-electron chi connectivity index (χ0n) is 11.2. The summed E-state index contributed by atoms with van der Waals surface area (Å²) in [4.78, 5) is 12.6. The highest BCUT2D eigenvalue weighted by Crippen LogP contribution is 2.28. The van der Waals surface area contributed by atoms with Crippen molar-refractivity contribution in [2.24, 2.45) is 7.05 Å². The molecule has 0 radical (unpaired) electrons. The summed E-state index contributed by atoms with van der Waals surface area (Å²) in [6.45, 7) is 0.726. The molecule has 0 amide bonds. The highest BCUT2D eigenvalue weighted by atomic mass is 79.9. The average molecular weight is 338 g/mol. The molecule has 0 spiro atoms. The second kappa shape index (κ2) is 5.88. The van der Waals surface area contributed by atoms with Gasteiger partial charge < -0.3 is 14.6 Å². The van der Waals surface area contributed by atoms with Crippen LogP contribution in [0.15, 0.2) is 29.4 Å². The zero-order valence-corrected chi connectivity index (χ0v) is 12.7. The molecule has 1 saturated heterocycles. The lowest BCUT2D eigenvalue weighted by atomic mass is 10.0. The van der Waals surface area contributed by atoms with Gasteiger partial charge in [-0.05, 0) is 28.8 Å². The molecule has 1 fully saturated rings. The van der Waals surface area contributed by atoms with E-state index in [9.17, 15) is 0 Å². The third-order valence-electron chi connectivity index (χ3n) is 3.42. The van der Waals surface area contributed by atoms with Crippen LogP contribution in [0.1, 0.15) is 24.6 Å². The van der Waals surface area contributed by atoms with Gasteiger partial charge in [0.1, 0.15) is 6.10 Å². The standard InChI is InChI=1S/C13H16BrN5O/c1-19-8-15-7-11(19)12-4-10(2-3-20-12)18-13-16-5-9(14)6-17-13/h5-8,10,12H,2-4H2,1H3,(H,16,17,18). The first kappa shape index (κ1) is 13.5. The molecule has 2 aromatic heterocycles. The molecule has 20 heavy (non-hydrogen) atoms. The summed E-state index contributed by atoms with van der Waals surface area (Å²) < 4.78 is 8.72. The van der Waals surface area contributed by atoms with Gasteiger partial charge in [-0.3, -0.25) is 0 Å². The molecule has 0 aliphatic carbocycles. The minimum Gasteiger partial charge on any atom is -0.372 e. The predicted octanol–water partition coefficient (Wildman–Crippen LogP) is 2.30. The molecule has 3 heterocycles. The third-order valence-corrected chi connectivity index (χ3v) is 3.83. The molecule has 6 nitrogen and oxygen atoms in total. The molecule has 0 aromatic carbocycles. The summed E-state index contributed by atoms with van der Waals surface area (Å²) in [6, 6.07) is 0.310. The average Bonchev–Trinajstić information content (AvgIpc) is 2.88. The Morgan fingerprint density at radius 1 is 1.35 bits per heavy atom. The Kier molecular flexibility index (Phi) is 3.98. The van der Waals surface area contributed by atoms with Gasteiger partial charge in [0.25, 0.3) is 0 Å². The van der Waals surface area contributed by atoms with Crippen LogP contribution >= 0.6 is 15.9 Å². The summed E-state index contributed by atoms with van der Waals surface area (Å²) in [6.07, 6.45) is 9.06. The molecular weight excluding hydrogens is 322 g/mol. The molecule has 2 unspecified atom stereocenters. The number of ether oxygens (including phenoxy) is 1. The number of hydrogen-bond acceptors (Lipinski definition) is 5. The van der Waals surface area contributed by atoms with Crippen LogP contribution < -0.4 is 5.32 Å². The van der Waals surface area contributed by atoms with E-state index in [2.05, 4.69) is 36.2 Å². The molecule has 106 valence electrons. The van der Waals surface area contributed by atoms with Gasteiger partial charge in [0.15, 0.2) is 0 Å². The molecule has 0 saturated carbocycles. The Morgan fingerprint density at radius 3 is 2.85 bits per heavy atom. The number of nitrogens with one attached hydrogen (secondary N) is 1. The van der Waals surface area contributed by atoms with E-state index in [4.69, 9.17) is 4.74 Å². The van der Waals surface area contributed by atoms with E-state index in [1.54, 1.807) is 18.7 Å². The SMILES string of the molecule is Cn1cncc1C1CC(Nc2ncc(Br)cn2)CCO1. The first-order valence-electron chi connectivity index (χ1n) is 6.54. The monoisotopic (exact) mass is 337 g/mol. The fraction of sp³-hybridized carbons (Fsp3) is 0.462. The van der Waals surface area contributed by atoms with Gasteiger partial charge >= 0.3 is 0 Å². The van der Waals surface area contributed by atoms with Crippen molar-refractivity contribution in [3.63, 3.8) is 0 Å². The summed E-state index contributed by atoms with van der Waals surface area (Å²) in [7, 11) is 1.99. The maximum atomic E-state index is 5.84. The smallest absolute Gasteiger partial charge is 0.222 e. The Hall–Kier alpha value is -1.47. The van der Waals surface area contributed by atoms with Gasteiger partial charge in [0, 0.05) is 32.1 Å². The van der Waals surface area contributed by atoms with E-state index >= 15 is 0 Å². The van der Waals surface area contributed by atoms with Crippen LogP contribution in [-0.2, 0) is 11.8 Å². The van der Waals surface area contributed by atoms with Gasteiger partial charge in [-0.1, -0.05) is 0 Å². The lowest BCUT2D eigenvalue weighted by Crippen LogP contribution is -2.31. The van der Waals surface area contributed by atoms with E-state index in [1.807, 2.05) is 17.8 Å². The minimum atomic E-state index is 0.0733. The van der Waals surface area contributed by atoms with Crippen molar-refractivity contribution in [2.75, 3.05) is 11.9 Å². The van der Waals surface area contributed by atoms with Crippen LogP contribution in [0.4, 0.5) is 5.95 Å². The Bertz CT molecular complexity index is 570. The molecule has 1 N–H and O–H groups in total. The third kappa shape index (κ3) is 2.99. The summed E-state index contributed by atoms with van der Waals surface area (Å²) >= 11 is 3.33. The van der Waals surface area contributed by atoms with Crippen LogP contribution in [0.3, 0.4) is 0 Å². The number of aromatic nitrogens is 4. The topological polar surface area (TPSA) is 64.9 Å². The summed E-state index contributed by atoms with van der Waals surface area (Å²) in [5, 5.41) is 3.37. The summed E-state index contributed by atoms with van der Waals surface area (Å²) in [5.41, 5.74) is 1.10. The van der Waals surface area contributed by atoms with E-state index in [0.29, 0.717) is 12.0 Å². The number of aryl methyl sites for hydroxylation is 1. The second-order valence-electron chi connectivity index (χ2n) is 4.88. The molecule has 0 bridgehead atoms. The molecule has 3 rings (SSSR count). The quantitative estimate of drug-likeness (QED) is 0.930. The van der Waals surface area contributed by atoms with Crippen LogP contribution in [0.5, 0.6) is 0 Å². The predicted molar refractivity (Wildman–Crippen MR) is 78.3 cm³/mol. The van der Waals surface area contributed by atoms with Crippen molar-refractivity contribution in [3.05, 3.63) is 35.1 Å². The maximum absolute atomic E-state index is 5.84. The molecule has 2 aromatic rings. The Morgan fingerprint density at radius 2 is 2.15 bits per heavy atom. The lowest BCUT2D eigenvalue weighted by molar-refractivity contribution is 0.00549. The number of hydrogen-bond donors (Lipinski definition) is 1. The van der Waals surface area contributed by atoms with Crippen LogP contribution in [0.25, 0.3) is 0 Å². The van der Waals surface area contributed by atoms with Crippen molar-refractivity contribution >= 4 is 21.9 Å². The molecule has 1 aliphatic heterocycles. The van der Waals surface area contributed by atoms with Crippen LogP contribution in [0.2, 0.25) is 0 Å². The fourth-order valence-electron chi connectivity index (χ4n) is 2.38. The van der Waals surface area contributed by atoms with E-state index in [1.165, 1.54) is 0 Å². The van der Waals surface area contributed by atoms with Crippen molar-refractivity contribution in [3.8, 4) is 0 Å². The number of anilines is 1. The van der Waals surface area contributed by atoms with E-state index in [-0.39, 0.29) is 6.10 Å². The Balaban J connectivity index is 1.66. The molecule has 2 atom stereocenters. The first-order valence-corrected chi connectivity index (χ1v) is 7.33. The maximum Gasteiger partial charge on any atom is 0.222 e. The Labute approximate surface area is 125 Å². The van der Waals surface area contributed by atoms with Gasteiger partial charge in [0.05, 0.1) is 22.7 Å². The van der Waals surface area contributed by atoms with Gasteiger partial charge in [-0.15, -0.1) is 0 Å². The number of imidazole rings is 1. The van der Waals surface area contributed by atoms with Crippen molar-refractivity contribution in [2.45, 2.75) is 25.0 Å².